The van der Waals surface area contributed by atoms with Gasteiger partial charge in [-0.25, -0.2) is 0 Å². The first-order chi connectivity index (χ1) is 11.5. The van der Waals surface area contributed by atoms with Gasteiger partial charge in [0, 0.05) is 36.2 Å². The van der Waals surface area contributed by atoms with Gasteiger partial charge in [0.25, 0.3) is 0 Å². The second kappa shape index (κ2) is 6.40. The molecule has 1 heterocycles. The molecule has 0 aromatic heterocycles. The average Bonchev–Trinajstić information content (AvgIpc) is 2.54. The third-order valence-corrected chi connectivity index (χ3v) is 4.47. The molecule has 1 aliphatic heterocycles. The van der Waals surface area contributed by atoms with Gasteiger partial charge in [-0.1, -0.05) is 12.1 Å². The van der Waals surface area contributed by atoms with Crippen LogP contribution < -0.4 is 4.74 Å². The molecule has 0 saturated heterocycles. The molecule has 2 atom stereocenters. The number of Topliss-reactive ketones (excluding diaryl/α,β-unsaturated/α-hetero) is 1. The van der Waals surface area contributed by atoms with Gasteiger partial charge in [-0.05, 0) is 37.5 Å². The summed E-state index contributed by atoms with van der Waals surface area (Å²) in [7, 11) is 0. The predicted molar refractivity (Wildman–Crippen MR) is 88.6 cm³/mol. The van der Waals surface area contributed by atoms with Crippen LogP contribution in [0.25, 0.3) is 0 Å². The molecule has 3 rings (SSSR count). The van der Waals surface area contributed by atoms with E-state index >= 15 is 0 Å². The number of esters is 1. The molecule has 1 unspecified atom stereocenters. The highest BCUT2D eigenvalue weighted by molar-refractivity contribution is 6.02. The molecule has 0 bridgehead atoms. The highest BCUT2D eigenvalue weighted by Crippen LogP contribution is 2.43. The Morgan fingerprint density at radius 2 is 2.00 bits per heavy atom. The molecular weight excluding hydrogens is 304 g/mol. The molecule has 0 saturated carbocycles. The summed E-state index contributed by atoms with van der Waals surface area (Å²) >= 11 is 0. The fourth-order valence-corrected chi connectivity index (χ4v) is 3.44. The quantitative estimate of drug-likeness (QED) is 0.618. The van der Waals surface area contributed by atoms with Crippen LogP contribution in [-0.4, -0.2) is 17.5 Å². The van der Waals surface area contributed by atoms with Crippen LogP contribution in [0.3, 0.4) is 0 Å². The van der Waals surface area contributed by atoms with Gasteiger partial charge >= 0.3 is 5.97 Å². The van der Waals surface area contributed by atoms with Crippen LogP contribution in [0.1, 0.15) is 44.6 Å². The van der Waals surface area contributed by atoms with Crippen molar-refractivity contribution < 1.29 is 14.3 Å². The molecule has 0 radical (unpaired) electrons. The van der Waals surface area contributed by atoms with E-state index in [2.05, 4.69) is 11.1 Å². The molecule has 0 N–H and O–H groups in total. The monoisotopic (exact) mass is 322 g/mol. The van der Waals surface area contributed by atoms with Gasteiger partial charge in [-0.2, -0.15) is 5.26 Å². The maximum atomic E-state index is 12.5. The van der Waals surface area contributed by atoms with Gasteiger partial charge in [-0.15, -0.1) is 0 Å². The lowest BCUT2D eigenvalue weighted by Gasteiger charge is -2.32. The maximum absolute atomic E-state index is 12.5. The zero-order chi connectivity index (χ0) is 17.3. The Balaban J connectivity index is 2.04. The SMILES string of the molecule is CC(=O)Oc1ccc([C@H]2C3=C(CCCC3=O)N=C(C)C2C#N)cc1. The number of hydrogen-bond donors (Lipinski definition) is 0. The third-order valence-electron chi connectivity index (χ3n) is 4.47. The summed E-state index contributed by atoms with van der Waals surface area (Å²) in [6.45, 7) is 3.19. The number of ketones is 1. The van der Waals surface area contributed by atoms with Crippen LogP contribution >= 0.6 is 0 Å². The Morgan fingerprint density at radius 1 is 1.29 bits per heavy atom. The Hall–Kier alpha value is -2.74. The van der Waals surface area contributed by atoms with E-state index in [0.717, 1.165) is 29.8 Å². The van der Waals surface area contributed by atoms with Gasteiger partial charge in [0.15, 0.2) is 5.78 Å². The summed E-state index contributed by atoms with van der Waals surface area (Å²) in [5.41, 5.74) is 3.12. The highest BCUT2D eigenvalue weighted by Gasteiger charge is 2.38. The maximum Gasteiger partial charge on any atom is 0.308 e. The van der Waals surface area contributed by atoms with Crippen molar-refractivity contribution in [3.05, 3.63) is 41.1 Å². The lowest BCUT2D eigenvalue weighted by Crippen LogP contribution is -2.30. The third kappa shape index (κ3) is 2.88. The van der Waals surface area contributed by atoms with E-state index in [-0.39, 0.29) is 17.7 Å². The molecule has 2 aliphatic rings. The van der Waals surface area contributed by atoms with Crippen molar-refractivity contribution in [3.8, 4) is 11.8 Å². The summed E-state index contributed by atoms with van der Waals surface area (Å²) in [5.74, 6) is -0.607. The van der Waals surface area contributed by atoms with Crippen molar-refractivity contribution in [2.75, 3.05) is 0 Å². The fraction of sp³-hybridized carbons (Fsp3) is 0.368. The first-order valence-electron chi connectivity index (χ1n) is 8.00. The number of carbonyl (C=O) groups excluding carboxylic acids is 2. The lowest BCUT2D eigenvalue weighted by molar-refractivity contribution is -0.131. The number of aliphatic imine (C=N–C) groups is 1. The van der Waals surface area contributed by atoms with Crippen molar-refractivity contribution in [1.82, 2.24) is 0 Å². The Bertz CT molecular complexity index is 797. The van der Waals surface area contributed by atoms with Gasteiger partial charge < -0.3 is 4.74 Å². The van der Waals surface area contributed by atoms with E-state index in [1.54, 1.807) is 12.1 Å². The van der Waals surface area contributed by atoms with E-state index in [1.165, 1.54) is 6.92 Å². The van der Waals surface area contributed by atoms with Crippen molar-refractivity contribution >= 4 is 17.5 Å². The van der Waals surface area contributed by atoms with Crippen molar-refractivity contribution in [2.24, 2.45) is 10.9 Å². The van der Waals surface area contributed by atoms with E-state index < -0.39 is 5.92 Å². The van der Waals surface area contributed by atoms with Gasteiger partial charge in [0.1, 0.15) is 5.75 Å². The number of benzene rings is 1. The van der Waals surface area contributed by atoms with Crippen LogP contribution in [0.4, 0.5) is 0 Å². The van der Waals surface area contributed by atoms with Gasteiger partial charge in [-0.3, -0.25) is 14.6 Å². The Kier molecular flexibility index (Phi) is 4.30. The number of carbonyl (C=O) groups is 2. The number of allylic oxidation sites excluding steroid dienone is 2. The fourth-order valence-electron chi connectivity index (χ4n) is 3.44. The van der Waals surface area contributed by atoms with E-state index in [0.29, 0.717) is 17.7 Å². The van der Waals surface area contributed by atoms with E-state index in [4.69, 9.17) is 4.74 Å². The number of nitriles is 1. The van der Waals surface area contributed by atoms with Crippen LogP contribution in [0.2, 0.25) is 0 Å². The minimum atomic E-state index is -0.453. The number of nitrogens with zero attached hydrogens (tertiary/aromatic N) is 2. The molecule has 0 amide bonds. The summed E-state index contributed by atoms with van der Waals surface area (Å²) in [5, 5.41) is 9.61. The first-order valence-corrected chi connectivity index (χ1v) is 8.00. The summed E-state index contributed by atoms with van der Waals surface area (Å²) < 4.78 is 5.05. The summed E-state index contributed by atoms with van der Waals surface area (Å²) in [6, 6.07) is 9.32. The first kappa shape index (κ1) is 16.1. The molecule has 0 fully saturated rings. The zero-order valence-electron chi connectivity index (χ0n) is 13.7. The van der Waals surface area contributed by atoms with Crippen LogP contribution in [-0.2, 0) is 9.59 Å². The molecule has 1 aromatic carbocycles. The topological polar surface area (TPSA) is 79.5 Å². The van der Waals surface area contributed by atoms with E-state index in [9.17, 15) is 14.9 Å². The number of hydrogen-bond acceptors (Lipinski definition) is 5. The summed E-state index contributed by atoms with van der Waals surface area (Å²) in [4.78, 5) is 28.0. The second-order valence-electron chi connectivity index (χ2n) is 6.14. The van der Waals surface area contributed by atoms with Gasteiger partial charge in [0.05, 0.1) is 12.0 Å². The molecule has 24 heavy (non-hydrogen) atoms. The minimum Gasteiger partial charge on any atom is -0.427 e. The Labute approximate surface area is 140 Å². The van der Waals surface area contributed by atoms with Crippen LogP contribution in [0.5, 0.6) is 5.75 Å². The van der Waals surface area contributed by atoms with Crippen molar-refractivity contribution in [1.29, 1.82) is 5.26 Å². The molecule has 1 aromatic rings. The predicted octanol–water partition coefficient (Wildman–Crippen LogP) is 3.32. The minimum absolute atomic E-state index is 0.0850. The molecule has 1 aliphatic carbocycles. The number of ether oxygens (including phenoxy) is 1. The highest BCUT2D eigenvalue weighted by atomic mass is 16.5. The molecule has 122 valence electrons. The number of rotatable bonds is 2. The van der Waals surface area contributed by atoms with Crippen LogP contribution in [0.15, 0.2) is 40.5 Å². The zero-order valence-corrected chi connectivity index (χ0v) is 13.7. The largest absolute Gasteiger partial charge is 0.427 e. The van der Waals surface area contributed by atoms with Crippen LogP contribution in [0, 0.1) is 17.2 Å². The molecule has 0 spiro atoms. The average molecular weight is 322 g/mol. The normalized spacial score (nSPS) is 23.2. The second-order valence-corrected chi connectivity index (χ2v) is 6.14. The van der Waals surface area contributed by atoms with E-state index in [1.807, 2.05) is 19.1 Å². The lowest BCUT2D eigenvalue weighted by atomic mass is 9.72. The van der Waals surface area contributed by atoms with Gasteiger partial charge in [0.2, 0.25) is 0 Å². The standard InChI is InChI=1S/C19H18N2O3/c1-11-15(10-20)18(19-16(21-11)4-3-5-17(19)23)13-6-8-14(9-7-13)24-12(2)22/h6-9,15,18H,3-5H2,1-2H3/t15?,18-/m1/s1. The molecular formula is C19H18N2O3. The Morgan fingerprint density at radius 3 is 2.62 bits per heavy atom. The smallest absolute Gasteiger partial charge is 0.308 e. The molecule has 5 nitrogen and oxygen atoms in total. The van der Waals surface area contributed by atoms with Crippen molar-refractivity contribution in [3.63, 3.8) is 0 Å². The van der Waals surface area contributed by atoms with Crippen molar-refractivity contribution in [2.45, 2.75) is 39.0 Å². The summed E-state index contributed by atoms with van der Waals surface area (Å²) in [6.07, 6.45) is 2.09. The molecule has 5 heteroatoms.